The van der Waals surface area contributed by atoms with Crippen LogP contribution in [-0.2, 0) is 0 Å². The van der Waals surface area contributed by atoms with Crippen LogP contribution in [0, 0.1) is 0 Å². The van der Waals surface area contributed by atoms with Gasteiger partial charge in [0, 0.05) is 6.20 Å². The molecule has 3 aromatic heterocycles. The van der Waals surface area contributed by atoms with E-state index in [0.29, 0.717) is 16.8 Å². The molecule has 3 heterocycles. The van der Waals surface area contributed by atoms with Crippen LogP contribution in [0.15, 0.2) is 29.5 Å². The van der Waals surface area contributed by atoms with Crippen molar-refractivity contribution in [1.29, 1.82) is 0 Å². The highest BCUT2D eigenvalue weighted by atomic mass is 16.1. The molecule has 0 amide bonds. The lowest BCUT2D eigenvalue weighted by molar-refractivity contribution is 0.956. The fourth-order valence-corrected chi connectivity index (χ4v) is 1.39. The second-order valence-electron chi connectivity index (χ2n) is 2.82. The largest absolute Gasteiger partial charge is 0.290 e. The SMILES string of the molecule is O=c1[nH]c2ncnn2c2ncccc12. The molecule has 0 bridgehead atoms. The van der Waals surface area contributed by atoms with E-state index in [4.69, 9.17) is 0 Å². The zero-order chi connectivity index (χ0) is 9.54. The van der Waals surface area contributed by atoms with Crippen molar-refractivity contribution in [2.75, 3.05) is 0 Å². The first-order valence-electron chi connectivity index (χ1n) is 4.03. The highest BCUT2D eigenvalue weighted by Gasteiger charge is 2.05. The summed E-state index contributed by atoms with van der Waals surface area (Å²) < 4.78 is 1.50. The lowest BCUT2D eigenvalue weighted by Gasteiger charge is -1.96. The van der Waals surface area contributed by atoms with Crippen molar-refractivity contribution >= 4 is 16.8 Å². The number of H-pyrrole nitrogens is 1. The van der Waals surface area contributed by atoms with Gasteiger partial charge < -0.3 is 0 Å². The molecule has 0 saturated heterocycles. The van der Waals surface area contributed by atoms with Gasteiger partial charge in [-0.2, -0.15) is 14.6 Å². The van der Waals surface area contributed by atoms with Crippen molar-refractivity contribution in [2.45, 2.75) is 0 Å². The molecule has 0 saturated carbocycles. The van der Waals surface area contributed by atoms with Gasteiger partial charge in [0.25, 0.3) is 5.56 Å². The molecule has 1 N–H and O–H groups in total. The van der Waals surface area contributed by atoms with Crippen LogP contribution in [0.25, 0.3) is 16.8 Å². The fraction of sp³-hybridized carbons (Fsp3) is 0. The summed E-state index contributed by atoms with van der Waals surface area (Å²) in [5.41, 5.74) is 0.317. The molecule has 3 rings (SSSR count). The molecule has 0 aliphatic carbocycles. The maximum Gasteiger partial charge on any atom is 0.261 e. The molecule has 0 aliphatic rings. The van der Waals surface area contributed by atoms with Crippen molar-refractivity contribution in [2.24, 2.45) is 0 Å². The van der Waals surface area contributed by atoms with E-state index in [1.807, 2.05) is 0 Å². The molecule has 0 radical (unpaired) electrons. The Bertz CT molecular complexity index is 668. The molecule has 0 atom stereocenters. The van der Waals surface area contributed by atoms with Crippen LogP contribution in [0.3, 0.4) is 0 Å². The van der Waals surface area contributed by atoms with Gasteiger partial charge in [-0.05, 0) is 12.1 Å². The Balaban J connectivity index is 2.74. The summed E-state index contributed by atoms with van der Waals surface area (Å²) >= 11 is 0. The van der Waals surface area contributed by atoms with E-state index in [0.717, 1.165) is 0 Å². The Hall–Kier alpha value is -2.24. The Morgan fingerprint density at radius 1 is 1.36 bits per heavy atom. The lowest BCUT2D eigenvalue weighted by Crippen LogP contribution is -2.11. The van der Waals surface area contributed by atoms with Gasteiger partial charge in [-0.3, -0.25) is 9.78 Å². The molecular weight excluding hydrogens is 182 g/mol. The summed E-state index contributed by atoms with van der Waals surface area (Å²) in [5, 5.41) is 4.47. The first-order valence-corrected chi connectivity index (χ1v) is 4.03. The molecule has 0 aliphatic heterocycles. The monoisotopic (exact) mass is 187 g/mol. The highest BCUT2D eigenvalue weighted by molar-refractivity contribution is 5.74. The second-order valence-corrected chi connectivity index (χ2v) is 2.82. The number of rotatable bonds is 0. The molecule has 6 nitrogen and oxygen atoms in total. The van der Waals surface area contributed by atoms with Crippen LogP contribution in [0.2, 0.25) is 0 Å². The standard InChI is InChI=1S/C8H5N5O/c14-7-5-2-1-3-9-6(5)13-8(12-7)10-4-11-13/h1-4H,(H,10,11,12,14). The van der Waals surface area contributed by atoms with E-state index < -0.39 is 0 Å². The van der Waals surface area contributed by atoms with Crippen LogP contribution >= 0.6 is 0 Å². The third-order valence-corrected chi connectivity index (χ3v) is 2.01. The van der Waals surface area contributed by atoms with E-state index in [2.05, 4.69) is 20.1 Å². The van der Waals surface area contributed by atoms with E-state index in [-0.39, 0.29) is 5.56 Å². The highest BCUT2D eigenvalue weighted by Crippen LogP contribution is 2.04. The molecule has 0 unspecified atom stereocenters. The summed E-state index contributed by atoms with van der Waals surface area (Å²) in [6, 6.07) is 3.41. The average Bonchev–Trinajstić information content (AvgIpc) is 2.66. The predicted molar refractivity (Wildman–Crippen MR) is 48.9 cm³/mol. The molecule has 0 aromatic carbocycles. The zero-order valence-corrected chi connectivity index (χ0v) is 7.01. The number of nitrogens with one attached hydrogen (secondary N) is 1. The summed E-state index contributed by atoms with van der Waals surface area (Å²) in [6.45, 7) is 0. The second kappa shape index (κ2) is 2.38. The number of aromatic amines is 1. The smallest absolute Gasteiger partial charge is 0.261 e. The van der Waals surface area contributed by atoms with Crippen molar-refractivity contribution < 1.29 is 0 Å². The first kappa shape index (κ1) is 7.19. The predicted octanol–water partition coefficient (Wildman–Crippen LogP) is -0.0342. The summed E-state index contributed by atoms with van der Waals surface area (Å²) in [6.07, 6.45) is 2.99. The van der Waals surface area contributed by atoms with Crippen LogP contribution < -0.4 is 5.56 Å². The number of hydrogen-bond donors (Lipinski definition) is 1. The maximum absolute atomic E-state index is 11.5. The third kappa shape index (κ3) is 0.792. The lowest BCUT2D eigenvalue weighted by atomic mass is 10.3. The van der Waals surface area contributed by atoms with Gasteiger partial charge in [0.1, 0.15) is 6.33 Å². The van der Waals surface area contributed by atoms with Gasteiger partial charge in [0.2, 0.25) is 5.78 Å². The molecule has 6 heteroatoms. The summed E-state index contributed by atoms with van der Waals surface area (Å²) in [7, 11) is 0. The minimum absolute atomic E-state index is 0.200. The van der Waals surface area contributed by atoms with Crippen molar-refractivity contribution in [3.63, 3.8) is 0 Å². The van der Waals surface area contributed by atoms with Crippen LogP contribution in [-0.4, -0.2) is 24.6 Å². The van der Waals surface area contributed by atoms with Crippen molar-refractivity contribution in [3.8, 4) is 0 Å². The first-order chi connectivity index (χ1) is 6.86. The minimum atomic E-state index is -0.200. The van der Waals surface area contributed by atoms with Crippen LogP contribution in [0.4, 0.5) is 0 Å². The van der Waals surface area contributed by atoms with E-state index in [1.165, 1.54) is 10.8 Å². The van der Waals surface area contributed by atoms with Gasteiger partial charge in [-0.1, -0.05) is 0 Å². The van der Waals surface area contributed by atoms with Crippen LogP contribution in [0.1, 0.15) is 0 Å². The summed E-state index contributed by atoms with van der Waals surface area (Å²) in [5.74, 6) is 0.404. The van der Waals surface area contributed by atoms with E-state index in [1.54, 1.807) is 18.3 Å². The van der Waals surface area contributed by atoms with Gasteiger partial charge in [0.15, 0.2) is 5.65 Å². The Labute approximate surface area is 77.2 Å². The van der Waals surface area contributed by atoms with Gasteiger partial charge in [-0.25, -0.2) is 4.98 Å². The van der Waals surface area contributed by atoms with Gasteiger partial charge >= 0.3 is 0 Å². The number of hydrogen-bond acceptors (Lipinski definition) is 4. The number of fused-ring (bicyclic) bond motifs is 3. The van der Waals surface area contributed by atoms with Crippen molar-refractivity contribution in [3.05, 3.63) is 35.0 Å². The summed E-state index contributed by atoms with van der Waals surface area (Å²) in [4.78, 5) is 22.1. The normalized spacial score (nSPS) is 11.1. The quantitative estimate of drug-likeness (QED) is 0.536. The Morgan fingerprint density at radius 2 is 2.29 bits per heavy atom. The van der Waals surface area contributed by atoms with Crippen molar-refractivity contribution in [1.82, 2.24) is 24.6 Å². The zero-order valence-electron chi connectivity index (χ0n) is 7.01. The number of nitrogens with zero attached hydrogens (tertiary/aromatic N) is 4. The molecule has 68 valence electrons. The Kier molecular flexibility index (Phi) is 1.22. The Morgan fingerprint density at radius 3 is 3.21 bits per heavy atom. The van der Waals surface area contributed by atoms with E-state index in [9.17, 15) is 4.79 Å². The topological polar surface area (TPSA) is 75.9 Å². The van der Waals surface area contributed by atoms with Gasteiger partial charge in [0.05, 0.1) is 5.39 Å². The van der Waals surface area contributed by atoms with Gasteiger partial charge in [-0.15, -0.1) is 0 Å². The number of pyridine rings is 1. The molecule has 0 fully saturated rings. The minimum Gasteiger partial charge on any atom is -0.290 e. The third-order valence-electron chi connectivity index (χ3n) is 2.01. The molecule has 14 heavy (non-hydrogen) atoms. The molecule has 3 aromatic rings. The average molecular weight is 187 g/mol. The molecular formula is C8H5N5O. The van der Waals surface area contributed by atoms with E-state index >= 15 is 0 Å². The maximum atomic E-state index is 11.5. The van der Waals surface area contributed by atoms with Crippen LogP contribution in [0.5, 0.6) is 0 Å². The number of aromatic nitrogens is 5. The fourth-order valence-electron chi connectivity index (χ4n) is 1.39. The molecule has 0 spiro atoms.